The number of ether oxygens (including phenoxy) is 1. The Balaban J connectivity index is 0.000000467. The summed E-state index contributed by atoms with van der Waals surface area (Å²) < 4.78 is 6.36. The van der Waals surface area contributed by atoms with Crippen molar-refractivity contribution in [3.05, 3.63) is 81.3 Å². The van der Waals surface area contributed by atoms with Gasteiger partial charge in [-0.15, -0.1) is 11.3 Å². The van der Waals surface area contributed by atoms with Crippen LogP contribution in [-0.4, -0.2) is 89.2 Å². The number of carboxylic acids is 2. The summed E-state index contributed by atoms with van der Waals surface area (Å²) in [5, 5.41) is 26.5. The summed E-state index contributed by atoms with van der Waals surface area (Å²) in [6.07, 6.45) is 0.334. The summed E-state index contributed by atoms with van der Waals surface area (Å²) in [5.74, 6) is -1.25. The van der Waals surface area contributed by atoms with Crippen LogP contribution in [0.15, 0.2) is 65.5 Å². The minimum absolute atomic E-state index is 0.0453. The molecule has 2 aromatic heterocycles. The fourth-order valence-corrected chi connectivity index (χ4v) is 6.13. The maximum absolute atomic E-state index is 13.4. The summed E-state index contributed by atoms with van der Waals surface area (Å²) in [5.41, 5.74) is 2.11. The molecule has 0 radical (unpaired) electrons. The van der Waals surface area contributed by atoms with Crippen LogP contribution in [0.5, 0.6) is 0 Å². The maximum atomic E-state index is 13.4. The summed E-state index contributed by atoms with van der Waals surface area (Å²) in [6.45, 7) is 6.42. The van der Waals surface area contributed by atoms with Crippen LogP contribution in [0.1, 0.15) is 23.3 Å². The van der Waals surface area contributed by atoms with Gasteiger partial charge in [-0.05, 0) is 37.1 Å². The van der Waals surface area contributed by atoms with Crippen molar-refractivity contribution >= 4 is 50.1 Å². The summed E-state index contributed by atoms with van der Waals surface area (Å²) in [6, 6.07) is 20.6. The third-order valence-corrected chi connectivity index (χ3v) is 8.26. The van der Waals surface area contributed by atoms with Gasteiger partial charge in [0.25, 0.3) is 0 Å². The molecule has 1 aliphatic heterocycles. The number of hydrogen-bond acceptors (Lipinski definition) is 9. The third kappa shape index (κ3) is 8.80. The Kier molecular flexibility index (Phi) is 11.6. The van der Waals surface area contributed by atoms with Crippen LogP contribution >= 0.6 is 11.3 Å². The van der Waals surface area contributed by atoms with Crippen molar-refractivity contribution in [1.29, 1.82) is 0 Å². The molecule has 0 aliphatic carbocycles. The van der Waals surface area contributed by atoms with Gasteiger partial charge in [0.15, 0.2) is 0 Å². The fraction of sp³-hybridized carbons (Fsp3) is 0.375. The first-order chi connectivity index (χ1) is 20.8. The minimum Gasteiger partial charge on any atom is -0.481 e. The minimum atomic E-state index is -1.08. The molecule has 228 valence electrons. The summed E-state index contributed by atoms with van der Waals surface area (Å²) in [4.78, 5) is 43.7. The number of thiophene rings is 1. The largest absolute Gasteiger partial charge is 0.481 e. The molecule has 2 aromatic carbocycles. The van der Waals surface area contributed by atoms with E-state index in [2.05, 4.69) is 47.1 Å². The number of rotatable bonds is 11. The summed E-state index contributed by atoms with van der Waals surface area (Å²) >= 11 is 1.56. The van der Waals surface area contributed by atoms with Crippen molar-refractivity contribution in [2.45, 2.75) is 32.2 Å². The lowest BCUT2D eigenvalue weighted by molar-refractivity contribution is -0.143. The van der Waals surface area contributed by atoms with E-state index in [-0.39, 0.29) is 30.9 Å². The van der Waals surface area contributed by atoms with Gasteiger partial charge in [-0.3, -0.25) is 19.3 Å². The van der Waals surface area contributed by atoms with Crippen LogP contribution in [0.25, 0.3) is 21.0 Å². The molecule has 1 aliphatic rings. The molecule has 3 heterocycles. The Hall–Kier alpha value is -3.90. The number of carbonyl (C=O) groups is 2. The van der Waals surface area contributed by atoms with Gasteiger partial charge in [-0.25, -0.2) is 4.98 Å². The Morgan fingerprint density at radius 3 is 2.37 bits per heavy atom. The van der Waals surface area contributed by atoms with Crippen LogP contribution in [-0.2, 0) is 20.7 Å². The van der Waals surface area contributed by atoms with E-state index in [1.807, 2.05) is 30.3 Å². The quantitative estimate of drug-likeness (QED) is 0.216. The molecule has 1 fully saturated rings. The lowest BCUT2D eigenvalue weighted by atomic mass is 10.0. The molecule has 0 spiro atoms. The normalized spacial score (nSPS) is 15.3. The number of aryl methyl sites for hydroxylation is 1. The number of piperazine rings is 1. The SMILES string of the molecule is Cc1cc2c(N3CCN(CCOCCO)[C@@H](Cc4ccccc4)C3)nc3ccccc3c(=O)c2s1.O=C(O)CCC(=O)O. The monoisotopic (exact) mass is 607 g/mol. The van der Waals surface area contributed by atoms with Gasteiger partial charge < -0.3 is 25.0 Å². The van der Waals surface area contributed by atoms with Crippen molar-refractivity contribution in [3.63, 3.8) is 0 Å². The number of benzene rings is 2. The Morgan fingerprint density at radius 1 is 0.977 bits per heavy atom. The molecular formula is C32H37N3O7S. The van der Waals surface area contributed by atoms with E-state index in [0.29, 0.717) is 18.6 Å². The zero-order valence-corrected chi connectivity index (χ0v) is 25.0. The van der Waals surface area contributed by atoms with E-state index in [1.165, 1.54) is 5.56 Å². The van der Waals surface area contributed by atoms with Crippen molar-refractivity contribution in [2.75, 3.05) is 50.9 Å². The smallest absolute Gasteiger partial charge is 0.303 e. The van der Waals surface area contributed by atoms with E-state index in [0.717, 1.165) is 58.9 Å². The second-order valence-electron chi connectivity index (χ2n) is 10.3. The number of nitrogens with zero attached hydrogens (tertiary/aromatic N) is 3. The molecule has 1 atom stereocenters. The van der Waals surface area contributed by atoms with Crippen molar-refractivity contribution < 1.29 is 29.6 Å². The van der Waals surface area contributed by atoms with Crippen LogP contribution in [0.4, 0.5) is 5.82 Å². The number of aliphatic carboxylic acids is 2. The molecule has 11 heteroatoms. The number of aliphatic hydroxyl groups is 1. The zero-order chi connectivity index (χ0) is 30.8. The average molecular weight is 608 g/mol. The zero-order valence-electron chi connectivity index (χ0n) is 24.1. The van der Waals surface area contributed by atoms with Gasteiger partial charge in [0.2, 0.25) is 5.43 Å². The van der Waals surface area contributed by atoms with E-state index < -0.39 is 11.9 Å². The topological polar surface area (TPSA) is 140 Å². The van der Waals surface area contributed by atoms with E-state index in [4.69, 9.17) is 25.0 Å². The Labute approximate surface area is 253 Å². The first kappa shape index (κ1) is 32.0. The molecule has 0 saturated carbocycles. The average Bonchev–Trinajstić information content (AvgIpc) is 3.34. The van der Waals surface area contributed by atoms with Gasteiger partial charge in [0.05, 0.1) is 42.9 Å². The van der Waals surface area contributed by atoms with Gasteiger partial charge in [0.1, 0.15) is 5.82 Å². The van der Waals surface area contributed by atoms with Gasteiger partial charge in [-0.2, -0.15) is 0 Å². The highest BCUT2D eigenvalue weighted by Gasteiger charge is 2.29. The lowest BCUT2D eigenvalue weighted by Gasteiger charge is -2.42. The summed E-state index contributed by atoms with van der Waals surface area (Å²) in [7, 11) is 0. The number of para-hydroxylation sites is 1. The Morgan fingerprint density at radius 2 is 1.67 bits per heavy atom. The highest BCUT2D eigenvalue weighted by molar-refractivity contribution is 7.19. The van der Waals surface area contributed by atoms with Crippen LogP contribution in [0, 0.1) is 6.92 Å². The van der Waals surface area contributed by atoms with Crippen molar-refractivity contribution in [1.82, 2.24) is 9.88 Å². The molecule has 43 heavy (non-hydrogen) atoms. The van der Waals surface area contributed by atoms with Crippen LogP contribution in [0.2, 0.25) is 0 Å². The van der Waals surface area contributed by atoms with Crippen molar-refractivity contribution in [3.8, 4) is 0 Å². The molecule has 0 bridgehead atoms. The standard InChI is InChI=1S/C28H31N3O3S.C4H6O4/c1-20-17-24-27(35-20)26(33)23-9-5-6-10-25(23)29-28(24)31-12-11-30(13-15-34-16-14-32)22(19-31)18-21-7-3-2-4-8-21;5-3(6)1-2-4(7)8/h2-10,17,22,32H,11-16,18-19H2,1H3;1-2H2,(H,5,6)(H,7,8)/t22-;/m0./s1. The van der Waals surface area contributed by atoms with E-state index in [1.54, 1.807) is 11.3 Å². The molecule has 4 aromatic rings. The van der Waals surface area contributed by atoms with Gasteiger partial charge in [-0.1, -0.05) is 42.5 Å². The first-order valence-corrected chi connectivity index (χ1v) is 15.1. The number of anilines is 1. The highest BCUT2D eigenvalue weighted by atomic mass is 32.1. The number of carboxylic acid groups (broad SMARTS) is 2. The molecule has 3 N–H and O–H groups in total. The maximum Gasteiger partial charge on any atom is 0.303 e. The van der Waals surface area contributed by atoms with E-state index in [9.17, 15) is 14.4 Å². The molecule has 1 saturated heterocycles. The highest BCUT2D eigenvalue weighted by Crippen LogP contribution is 2.32. The molecular weight excluding hydrogens is 570 g/mol. The number of fused-ring (bicyclic) bond motifs is 2. The molecule has 0 amide bonds. The van der Waals surface area contributed by atoms with Gasteiger partial charge in [0, 0.05) is 47.9 Å². The first-order valence-electron chi connectivity index (χ1n) is 14.2. The number of aromatic nitrogens is 1. The fourth-order valence-electron chi connectivity index (χ4n) is 5.17. The molecule has 10 nitrogen and oxygen atoms in total. The van der Waals surface area contributed by atoms with Crippen LogP contribution in [0.3, 0.4) is 0 Å². The Bertz CT molecular complexity index is 1580. The van der Waals surface area contributed by atoms with Crippen molar-refractivity contribution in [2.24, 2.45) is 0 Å². The third-order valence-electron chi connectivity index (χ3n) is 7.21. The van der Waals surface area contributed by atoms with Crippen LogP contribution < -0.4 is 10.3 Å². The second kappa shape index (κ2) is 15.5. The second-order valence-corrected chi connectivity index (χ2v) is 11.6. The molecule has 5 rings (SSSR count). The number of aliphatic hydroxyl groups excluding tert-OH is 1. The number of hydrogen-bond donors (Lipinski definition) is 3. The predicted molar refractivity (Wildman–Crippen MR) is 168 cm³/mol. The van der Waals surface area contributed by atoms with E-state index >= 15 is 0 Å². The van der Waals surface area contributed by atoms with Gasteiger partial charge >= 0.3 is 11.9 Å². The predicted octanol–water partition coefficient (Wildman–Crippen LogP) is 3.80. The lowest BCUT2D eigenvalue weighted by Crippen LogP contribution is -2.55. The molecule has 0 unspecified atom stereocenters.